The summed E-state index contributed by atoms with van der Waals surface area (Å²) >= 11 is 0. The number of allylic oxidation sites excluding steroid dienone is 3. The number of ether oxygens (including phenoxy) is 1. The smallest absolute Gasteiger partial charge is 0.306 e. The van der Waals surface area contributed by atoms with Crippen LogP contribution in [-0.2, 0) is 14.3 Å². The summed E-state index contributed by atoms with van der Waals surface area (Å²) in [6.45, 7) is 10.6. The molecule has 7 atom stereocenters. The maximum atomic E-state index is 13.1. The number of aliphatic hydroxyl groups is 1. The molecular weight excluding hydrogens is 400 g/mol. The first-order chi connectivity index (χ1) is 15.1. The van der Waals surface area contributed by atoms with Gasteiger partial charge in [-0.1, -0.05) is 51.3 Å². The summed E-state index contributed by atoms with van der Waals surface area (Å²) in [6, 6.07) is 0. The van der Waals surface area contributed by atoms with E-state index in [0.29, 0.717) is 30.6 Å². The average molecular weight is 443 g/mol. The summed E-state index contributed by atoms with van der Waals surface area (Å²) in [6.07, 6.45) is 12.9. The Kier molecular flexibility index (Phi) is 6.24. The standard InChI is InChI=1S/C28H42O4/c1-6-7-8-9-25(31)32-28(19(3)29)15-12-23-21-16-18(2)24-17-20(30)10-13-26(24,4)22(21)11-14-27(23,28)5/h16-17,20-23,30H,6-15H2,1-5H3/t20-,21-,22-,23-,26-,27+,28+/m1/s1. The predicted molar refractivity (Wildman–Crippen MR) is 126 cm³/mol. The molecule has 0 heterocycles. The van der Waals surface area contributed by atoms with Crippen molar-refractivity contribution in [2.24, 2.45) is 28.6 Å². The van der Waals surface area contributed by atoms with Gasteiger partial charge in [-0.2, -0.15) is 0 Å². The van der Waals surface area contributed by atoms with Crippen LogP contribution in [0.15, 0.2) is 23.3 Å². The molecule has 0 unspecified atom stereocenters. The van der Waals surface area contributed by atoms with Crippen molar-refractivity contribution in [2.45, 2.75) is 111 Å². The summed E-state index contributed by atoms with van der Waals surface area (Å²) in [4.78, 5) is 25.9. The van der Waals surface area contributed by atoms with E-state index in [0.717, 1.165) is 51.4 Å². The van der Waals surface area contributed by atoms with Gasteiger partial charge in [0.25, 0.3) is 0 Å². The van der Waals surface area contributed by atoms with Crippen LogP contribution in [0.5, 0.6) is 0 Å². The van der Waals surface area contributed by atoms with Crippen LogP contribution in [0.2, 0.25) is 0 Å². The van der Waals surface area contributed by atoms with E-state index >= 15 is 0 Å². The maximum absolute atomic E-state index is 13.1. The molecule has 178 valence electrons. The second kappa shape index (κ2) is 8.42. The van der Waals surface area contributed by atoms with Gasteiger partial charge in [-0.3, -0.25) is 9.59 Å². The lowest BCUT2D eigenvalue weighted by atomic mass is 9.47. The van der Waals surface area contributed by atoms with E-state index in [2.05, 4.69) is 39.8 Å². The van der Waals surface area contributed by atoms with Gasteiger partial charge in [0.2, 0.25) is 0 Å². The van der Waals surface area contributed by atoms with Crippen molar-refractivity contribution in [1.29, 1.82) is 0 Å². The first kappa shape index (κ1) is 23.7. The third-order valence-corrected chi connectivity index (χ3v) is 9.91. The molecule has 0 bridgehead atoms. The maximum Gasteiger partial charge on any atom is 0.306 e. The molecule has 4 heteroatoms. The topological polar surface area (TPSA) is 63.6 Å². The molecular formula is C28H42O4. The average Bonchev–Trinajstić information content (AvgIpc) is 3.03. The second-order valence-electron chi connectivity index (χ2n) is 11.6. The molecule has 0 spiro atoms. The molecule has 0 aliphatic heterocycles. The third kappa shape index (κ3) is 3.43. The monoisotopic (exact) mass is 442 g/mol. The molecule has 32 heavy (non-hydrogen) atoms. The number of aliphatic hydroxyl groups excluding tert-OH is 1. The van der Waals surface area contributed by atoms with E-state index in [4.69, 9.17) is 4.74 Å². The molecule has 0 saturated heterocycles. The zero-order valence-electron chi connectivity index (χ0n) is 20.7. The first-order valence-corrected chi connectivity index (χ1v) is 12.9. The summed E-state index contributed by atoms with van der Waals surface area (Å²) in [5, 5.41) is 10.3. The Morgan fingerprint density at radius 2 is 1.78 bits per heavy atom. The fraction of sp³-hybridized carbons (Fsp3) is 0.786. The lowest BCUT2D eigenvalue weighted by Crippen LogP contribution is -2.58. The lowest BCUT2D eigenvalue weighted by molar-refractivity contribution is -0.187. The minimum atomic E-state index is -0.979. The number of ketones is 1. The number of Topliss-reactive ketones (excluding diaryl/α,β-unsaturated/α-hetero) is 1. The molecule has 4 aliphatic carbocycles. The Morgan fingerprint density at radius 1 is 1.06 bits per heavy atom. The normalized spacial score (nSPS) is 42.8. The number of rotatable bonds is 6. The van der Waals surface area contributed by atoms with Crippen molar-refractivity contribution in [3.8, 4) is 0 Å². The van der Waals surface area contributed by atoms with Crippen LogP contribution in [-0.4, -0.2) is 28.6 Å². The van der Waals surface area contributed by atoms with Crippen molar-refractivity contribution in [3.05, 3.63) is 23.3 Å². The van der Waals surface area contributed by atoms with Crippen LogP contribution in [0.4, 0.5) is 0 Å². The zero-order chi connectivity index (χ0) is 23.3. The van der Waals surface area contributed by atoms with E-state index in [1.54, 1.807) is 6.92 Å². The van der Waals surface area contributed by atoms with Crippen molar-refractivity contribution in [1.82, 2.24) is 0 Å². The van der Waals surface area contributed by atoms with E-state index in [9.17, 15) is 14.7 Å². The SMILES string of the molecule is CCCCCC(=O)O[C@]1(C(C)=O)CC[C@@H]2[C@@H]3C=C(C)C4=C[C@H](O)CC[C@]4(C)[C@@H]3CC[C@@]21C. The van der Waals surface area contributed by atoms with Crippen molar-refractivity contribution in [3.63, 3.8) is 0 Å². The van der Waals surface area contributed by atoms with Gasteiger partial charge < -0.3 is 9.84 Å². The van der Waals surface area contributed by atoms with E-state index < -0.39 is 5.60 Å². The quantitative estimate of drug-likeness (QED) is 0.409. The van der Waals surface area contributed by atoms with Crippen molar-refractivity contribution >= 4 is 11.8 Å². The number of hydrogen-bond acceptors (Lipinski definition) is 4. The summed E-state index contributed by atoms with van der Waals surface area (Å²) in [7, 11) is 0. The molecule has 0 aromatic heterocycles. The highest BCUT2D eigenvalue weighted by atomic mass is 16.6. The summed E-state index contributed by atoms with van der Waals surface area (Å²) < 4.78 is 6.18. The molecule has 1 N–H and O–H groups in total. The zero-order valence-corrected chi connectivity index (χ0v) is 20.7. The van der Waals surface area contributed by atoms with E-state index in [1.165, 1.54) is 11.1 Å². The van der Waals surface area contributed by atoms with E-state index in [1.807, 2.05) is 0 Å². The molecule has 0 aromatic carbocycles. The highest BCUT2D eigenvalue weighted by Gasteiger charge is 2.67. The summed E-state index contributed by atoms with van der Waals surface area (Å²) in [5.41, 5.74) is 1.41. The van der Waals surface area contributed by atoms with E-state index in [-0.39, 0.29) is 28.7 Å². The van der Waals surface area contributed by atoms with Crippen LogP contribution in [0.1, 0.15) is 98.8 Å². The van der Waals surface area contributed by atoms with Gasteiger partial charge in [0, 0.05) is 11.8 Å². The molecule has 0 amide bonds. The van der Waals surface area contributed by atoms with Crippen LogP contribution >= 0.6 is 0 Å². The molecule has 2 saturated carbocycles. The highest BCUT2D eigenvalue weighted by Crippen LogP contribution is 2.68. The first-order valence-electron chi connectivity index (χ1n) is 12.9. The minimum absolute atomic E-state index is 0.0221. The lowest BCUT2D eigenvalue weighted by Gasteiger charge is -2.58. The van der Waals surface area contributed by atoms with Crippen LogP contribution < -0.4 is 0 Å². The van der Waals surface area contributed by atoms with Crippen LogP contribution in [0.25, 0.3) is 0 Å². The van der Waals surface area contributed by atoms with Gasteiger partial charge in [0.05, 0.1) is 6.10 Å². The fourth-order valence-electron chi connectivity index (χ4n) is 8.15. The number of carbonyl (C=O) groups is 2. The van der Waals surface area contributed by atoms with Gasteiger partial charge in [0.15, 0.2) is 11.4 Å². The van der Waals surface area contributed by atoms with Gasteiger partial charge >= 0.3 is 5.97 Å². The Morgan fingerprint density at radius 3 is 2.47 bits per heavy atom. The Hall–Kier alpha value is -1.42. The largest absolute Gasteiger partial charge is 0.450 e. The van der Waals surface area contributed by atoms with Gasteiger partial charge in [-0.15, -0.1) is 0 Å². The Balaban J connectivity index is 1.66. The number of hydrogen-bond donors (Lipinski definition) is 1. The molecule has 4 rings (SSSR count). The second-order valence-corrected chi connectivity index (χ2v) is 11.6. The van der Waals surface area contributed by atoms with Crippen LogP contribution in [0.3, 0.4) is 0 Å². The Labute approximate surface area is 193 Å². The number of carbonyl (C=O) groups excluding carboxylic acids is 2. The van der Waals surface area contributed by atoms with Gasteiger partial charge in [0.1, 0.15) is 0 Å². The Bertz CT molecular complexity index is 840. The van der Waals surface area contributed by atoms with Gasteiger partial charge in [-0.25, -0.2) is 0 Å². The molecule has 2 fully saturated rings. The predicted octanol–water partition coefficient (Wildman–Crippen LogP) is 5.93. The highest BCUT2D eigenvalue weighted by molar-refractivity contribution is 5.89. The van der Waals surface area contributed by atoms with Crippen LogP contribution in [0, 0.1) is 28.6 Å². The molecule has 0 aromatic rings. The van der Waals surface area contributed by atoms with Gasteiger partial charge in [-0.05, 0) is 87.5 Å². The van der Waals surface area contributed by atoms with Crippen molar-refractivity contribution < 1.29 is 19.4 Å². The molecule has 4 nitrogen and oxygen atoms in total. The number of fused-ring (bicyclic) bond motifs is 5. The third-order valence-electron chi connectivity index (χ3n) is 9.91. The molecule has 4 aliphatic rings. The summed E-state index contributed by atoms with van der Waals surface area (Å²) in [5.74, 6) is 1.08. The molecule has 0 radical (unpaired) electrons. The number of unbranched alkanes of at least 4 members (excludes halogenated alkanes) is 2. The van der Waals surface area contributed by atoms with Crippen molar-refractivity contribution in [2.75, 3.05) is 0 Å². The fourth-order valence-corrected chi connectivity index (χ4v) is 8.15. The minimum Gasteiger partial charge on any atom is -0.450 e. The number of esters is 1.